The molecular formula is C25H27F3N2O5. The number of aromatic nitrogens is 2. The van der Waals surface area contributed by atoms with Crippen LogP contribution >= 0.6 is 0 Å². The molecule has 2 aromatic carbocycles. The van der Waals surface area contributed by atoms with Gasteiger partial charge in [-0.15, -0.1) is 10.2 Å². The van der Waals surface area contributed by atoms with E-state index >= 15 is 0 Å². The van der Waals surface area contributed by atoms with E-state index in [1.165, 1.54) is 26.0 Å². The Bertz CT molecular complexity index is 1110. The SMILES string of the molecule is CCCCC(OCc1ccc(OC(C)(C)C(=O)O)cc1)c1nnc(-c2ccc(C(F)(F)F)cc2)o1. The van der Waals surface area contributed by atoms with Crippen molar-refractivity contribution in [1.29, 1.82) is 0 Å². The van der Waals surface area contributed by atoms with E-state index in [0.717, 1.165) is 30.5 Å². The first-order valence-corrected chi connectivity index (χ1v) is 11.1. The summed E-state index contributed by atoms with van der Waals surface area (Å²) in [6.07, 6.45) is -2.52. The van der Waals surface area contributed by atoms with Crippen LogP contribution in [0.3, 0.4) is 0 Å². The number of halogens is 3. The normalized spacial score (nSPS) is 13.0. The summed E-state index contributed by atoms with van der Waals surface area (Å²) in [5, 5.41) is 17.2. The summed E-state index contributed by atoms with van der Waals surface area (Å²) in [4.78, 5) is 11.2. The summed E-state index contributed by atoms with van der Waals surface area (Å²) in [6, 6.07) is 11.4. The highest BCUT2D eigenvalue weighted by Gasteiger charge is 2.31. The number of aliphatic carboxylic acids is 1. The second-order valence-electron chi connectivity index (χ2n) is 8.52. The van der Waals surface area contributed by atoms with E-state index in [9.17, 15) is 23.1 Å². The van der Waals surface area contributed by atoms with Crippen LogP contribution in [0.4, 0.5) is 13.2 Å². The minimum Gasteiger partial charge on any atom is -0.478 e. The molecule has 188 valence electrons. The molecule has 0 aliphatic heterocycles. The number of benzene rings is 2. The lowest BCUT2D eigenvalue weighted by molar-refractivity contribution is -0.152. The molecule has 0 radical (unpaired) electrons. The molecule has 3 rings (SSSR count). The zero-order valence-corrected chi connectivity index (χ0v) is 19.6. The number of carboxylic acid groups (broad SMARTS) is 1. The van der Waals surface area contributed by atoms with Crippen LogP contribution in [0.15, 0.2) is 52.9 Å². The van der Waals surface area contributed by atoms with Crippen LogP contribution in [0.25, 0.3) is 11.5 Å². The summed E-state index contributed by atoms with van der Waals surface area (Å²) < 4.78 is 55.7. The van der Waals surface area contributed by atoms with Gasteiger partial charge in [-0.3, -0.25) is 0 Å². The van der Waals surface area contributed by atoms with Gasteiger partial charge in [-0.2, -0.15) is 13.2 Å². The second-order valence-corrected chi connectivity index (χ2v) is 8.52. The Morgan fingerprint density at radius 3 is 2.29 bits per heavy atom. The minimum atomic E-state index is -4.42. The van der Waals surface area contributed by atoms with Crippen LogP contribution in [0, 0.1) is 0 Å². The number of carbonyl (C=O) groups is 1. The predicted molar refractivity (Wildman–Crippen MR) is 121 cm³/mol. The Labute approximate surface area is 200 Å². The fourth-order valence-electron chi connectivity index (χ4n) is 3.14. The fourth-order valence-corrected chi connectivity index (χ4v) is 3.14. The third-order valence-electron chi connectivity index (χ3n) is 5.26. The van der Waals surface area contributed by atoms with E-state index < -0.39 is 29.4 Å². The van der Waals surface area contributed by atoms with Crippen LogP contribution in [0.1, 0.15) is 63.2 Å². The molecule has 0 saturated carbocycles. The van der Waals surface area contributed by atoms with Crippen molar-refractivity contribution in [3.63, 3.8) is 0 Å². The standard InChI is InChI=1S/C25H27F3N2O5/c1-4-5-6-20(33-15-16-7-13-19(14-8-16)35-24(2,3)23(31)32)22-30-29-21(34-22)17-9-11-18(12-10-17)25(26,27)28/h7-14,20H,4-6,15H2,1-3H3,(H,31,32). The van der Waals surface area contributed by atoms with Gasteiger partial charge in [-0.25, -0.2) is 4.79 Å². The lowest BCUT2D eigenvalue weighted by atomic mass is 10.1. The van der Waals surface area contributed by atoms with E-state index in [1.54, 1.807) is 24.3 Å². The Morgan fingerprint density at radius 2 is 1.71 bits per heavy atom. The summed E-state index contributed by atoms with van der Waals surface area (Å²) >= 11 is 0. The first kappa shape index (κ1) is 26.2. The maximum atomic E-state index is 12.8. The van der Waals surface area contributed by atoms with Gasteiger partial charge >= 0.3 is 12.1 Å². The lowest BCUT2D eigenvalue weighted by Crippen LogP contribution is -2.37. The summed E-state index contributed by atoms with van der Waals surface area (Å²) in [5.41, 5.74) is -0.903. The van der Waals surface area contributed by atoms with Gasteiger partial charge in [0, 0.05) is 5.56 Å². The average Bonchev–Trinajstić information content (AvgIpc) is 3.29. The number of nitrogens with zero attached hydrogens (tertiary/aromatic N) is 2. The van der Waals surface area contributed by atoms with Crippen LogP contribution in [0.5, 0.6) is 5.75 Å². The average molecular weight is 492 g/mol. The van der Waals surface area contributed by atoms with Crippen molar-refractivity contribution in [2.45, 2.75) is 64.5 Å². The summed E-state index contributed by atoms with van der Waals surface area (Å²) in [7, 11) is 0. The van der Waals surface area contributed by atoms with Gasteiger partial charge in [-0.05, 0) is 62.2 Å². The molecule has 35 heavy (non-hydrogen) atoms. The zero-order chi connectivity index (χ0) is 25.6. The molecule has 10 heteroatoms. The smallest absolute Gasteiger partial charge is 0.416 e. The van der Waals surface area contributed by atoms with Gasteiger partial charge in [-0.1, -0.05) is 31.9 Å². The third kappa shape index (κ3) is 7.05. The lowest BCUT2D eigenvalue weighted by Gasteiger charge is -2.21. The van der Waals surface area contributed by atoms with Gasteiger partial charge in [0.2, 0.25) is 11.8 Å². The number of unbranched alkanes of at least 4 members (excludes halogenated alkanes) is 1. The van der Waals surface area contributed by atoms with Crippen LogP contribution < -0.4 is 4.74 Å². The highest BCUT2D eigenvalue weighted by molar-refractivity contribution is 5.76. The zero-order valence-electron chi connectivity index (χ0n) is 19.6. The van der Waals surface area contributed by atoms with Gasteiger partial charge in [0.05, 0.1) is 12.2 Å². The molecule has 1 unspecified atom stereocenters. The van der Waals surface area contributed by atoms with Gasteiger partial charge in [0.25, 0.3) is 0 Å². The van der Waals surface area contributed by atoms with E-state index in [-0.39, 0.29) is 18.4 Å². The highest BCUT2D eigenvalue weighted by atomic mass is 19.4. The number of alkyl halides is 3. The van der Waals surface area contributed by atoms with Crippen LogP contribution in [-0.4, -0.2) is 26.9 Å². The van der Waals surface area contributed by atoms with Gasteiger partial charge < -0.3 is 19.0 Å². The molecular weight excluding hydrogens is 465 g/mol. The molecule has 0 aliphatic carbocycles. The van der Waals surface area contributed by atoms with Crippen molar-refractivity contribution >= 4 is 5.97 Å². The monoisotopic (exact) mass is 492 g/mol. The van der Waals surface area contributed by atoms with Crippen molar-refractivity contribution in [2.75, 3.05) is 0 Å². The Hall–Kier alpha value is -3.40. The fraction of sp³-hybridized carbons (Fsp3) is 0.400. The van der Waals surface area contributed by atoms with Crippen molar-refractivity contribution in [1.82, 2.24) is 10.2 Å². The summed E-state index contributed by atoms with van der Waals surface area (Å²) in [5.74, 6) is -0.293. The molecule has 7 nitrogen and oxygen atoms in total. The van der Waals surface area contributed by atoms with Gasteiger partial charge in [0.15, 0.2) is 5.60 Å². The number of carboxylic acids is 1. The van der Waals surface area contributed by atoms with E-state index in [2.05, 4.69) is 10.2 Å². The number of rotatable bonds is 11. The van der Waals surface area contributed by atoms with Gasteiger partial charge in [0.1, 0.15) is 11.9 Å². The quantitative estimate of drug-likeness (QED) is 0.329. The highest BCUT2D eigenvalue weighted by Crippen LogP contribution is 2.32. The van der Waals surface area contributed by atoms with Crippen molar-refractivity contribution < 1.29 is 37.0 Å². The molecule has 1 atom stereocenters. The molecule has 3 aromatic rings. The Morgan fingerprint density at radius 1 is 1.06 bits per heavy atom. The number of hydrogen-bond donors (Lipinski definition) is 1. The van der Waals surface area contributed by atoms with Crippen LogP contribution in [0.2, 0.25) is 0 Å². The predicted octanol–water partition coefficient (Wildman–Crippen LogP) is 6.45. The van der Waals surface area contributed by atoms with E-state index in [4.69, 9.17) is 13.9 Å². The molecule has 0 spiro atoms. The summed E-state index contributed by atoms with van der Waals surface area (Å²) in [6.45, 7) is 5.20. The van der Waals surface area contributed by atoms with Crippen LogP contribution in [-0.2, 0) is 22.3 Å². The van der Waals surface area contributed by atoms with E-state index in [0.29, 0.717) is 17.7 Å². The largest absolute Gasteiger partial charge is 0.478 e. The Balaban J connectivity index is 1.68. The first-order valence-electron chi connectivity index (χ1n) is 11.1. The minimum absolute atomic E-state index is 0.112. The molecule has 0 amide bonds. The molecule has 1 N–H and O–H groups in total. The molecule has 0 saturated heterocycles. The molecule has 1 heterocycles. The van der Waals surface area contributed by atoms with Crippen molar-refractivity contribution in [2.24, 2.45) is 0 Å². The molecule has 0 aliphatic rings. The van der Waals surface area contributed by atoms with Crippen molar-refractivity contribution in [3.8, 4) is 17.2 Å². The topological polar surface area (TPSA) is 94.7 Å². The maximum absolute atomic E-state index is 12.8. The van der Waals surface area contributed by atoms with E-state index in [1.807, 2.05) is 6.92 Å². The molecule has 0 fully saturated rings. The number of ether oxygens (including phenoxy) is 2. The number of hydrogen-bond acceptors (Lipinski definition) is 6. The molecule has 1 aromatic heterocycles. The second kappa shape index (κ2) is 10.9. The third-order valence-corrected chi connectivity index (χ3v) is 5.26. The molecule has 0 bridgehead atoms. The first-order chi connectivity index (χ1) is 16.5. The van der Waals surface area contributed by atoms with Crippen molar-refractivity contribution in [3.05, 3.63) is 65.5 Å². The maximum Gasteiger partial charge on any atom is 0.416 e. The Kier molecular flexibility index (Phi) is 8.16.